The molecule has 1 aliphatic carbocycles. The van der Waals surface area contributed by atoms with E-state index in [1.165, 1.54) is 0 Å². The molecule has 1 aromatic rings. The third-order valence-corrected chi connectivity index (χ3v) is 7.38. The molecule has 2 aliphatic heterocycles. The topological polar surface area (TPSA) is 49.4 Å². The van der Waals surface area contributed by atoms with Gasteiger partial charge in [0, 0.05) is 36.0 Å². The molecule has 4 atom stereocenters. The van der Waals surface area contributed by atoms with Crippen molar-refractivity contribution in [2.24, 2.45) is 11.8 Å². The number of hydrogen-bond acceptors (Lipinski definition) is 2. The lowest BCUT2D eigenvalue weighted by atomic mass is 9.61. The van der Waals surface area contributed by atoms with Crippen LogP contribution in [0.5, 0.6) is 0 Å². The fourth-order valence-electron chi connectivity index (χ4n) is 6.26. The first-order valence-electron chi connectivity index (χ1n) is 11.3. The van der Waals surface area contributed by atoms with E-state index < -0.39 is 0 Å². The molecule has 4 heteroatoms. The largest absolute Gasteiger partial charge is 0.342 e. The Morgan fingerprint density at radius 1 is 1.21 bits per heavy atom. The van der Waals surface area contributed by atoms with Gasteiger partial charge >= 0.3 is 0 Å². The molecule has 4 nitrogen and oxygen atoms in total. The average Bonchev–Trinajstić information content (AvgIpc) is 3.10. The highest BCUT2D eigenvalue weighted by molar-refractivity contribution is 5.94. The summed E-state index contributed by atoms with van der Waals surface area (Å²) in [7, 11) is 0. The second kappa shape index (κ2) is 8.61. The Labute approximate surface area is 174 Å². The molecule has 0 radical (unpaired) electrons. The van der Waals surface area contributed by atoms with E-state index >= 15 is 0 Å². The molecule has 3 fully saturated rings. The molecule has 0 unspecified atom stereocenters. The van der Waals surface area contributed by atoms with Crippen molar-refractivity contribution in [1.82, 2.24) is 10.2 Å². The maximum absolute atomic E-state index is 12.7. The molecule has 4 rings (SSSR count). The van der Waals surface area contributed by atoms with Crippen molar-refractivity contribution in [3.63, 3.8) is 0 Å². The third-order valence-electron chi connectivity index (χ3n) is 7.38. The number of carbonyl (C=O) groups is 2. The van der Waals surface area contributed by atoms with Crippen molar-refractivity contribution in [2.45, 2.75) is 76.3 Å². The van der Waals surface area contributed by atoms with E-state index in [9.17, 15) is 9.59 Å². The molecular formula is C25H32N2O2. The van der Waals surface area contributed by atoms with E-state index in [0.29, 0.717) is 24.2 Å². The molecule has 0 aromatic heterocycles. The van der Waals surface area contributed by atoms with Gasteiger partial charge in [0.05, 0.1) is 0 Å². The number of amides is 2. The van der Waals surface area contributed by atoms with E-state index in [2.05, 4.69) is 29.0 Å². The zero-order valence-electron chi connectivity index (χ0n) is 17.5. The number of hydrogen-bond donors (Lipinski definition) is 1. The fourth-order valence-corrected chi connectivity index (χ4v) is 6.26. The predicted molar refractivity (Wildman–Crippen MR) is 114 cm³/mol. The van der Waals surface area contributed by atoms with Gasteiger partial charge in [-0.1, -0.05) is 37.5 Å². The van der Waals surface area contributed by atoms with Gasteiger partial charge < -0.3 is 10.2 Å². The van der Waals surface area contributed by atoms with E-state index in [0.717, 1.165) is 63.5 Å². The molecule has 1 aromatic carbocycles. The van der Waals surface area contributed by atoms with Crippen LogP contribution in [0.15, 0.2) is 30.3 Å². The second-order valence-electron chi connectivity index (χ2n) is 8.94. The Hall–Kier alpha value is -2.28. The monoisotopic (exact) mass is 392 g/mol. The lowest BCUT2D eigenvalue weighted by Gasteiger charge is -2.53. The Morgan fingerprint density at radius 3 is 2.83 bits per heavy atom. The SMILES string of the molecule is CCC[C@H]1[C@@H](NC(=O)C#Cc2ccccc2)CC[C@@]23CCCN2C(=O)CCC[C@@H]13. The summed E-state index contributed by atoms with van der Waals surface area (Å²) in [5.74, 6) is 6.87. The highest BCUT2D eigenvalue weighted by Crippen LogP contribution is 2.52. The standard InChI is InChI=1S/C25H32N2O2/c1-2-8-20-21-11-6-12-24(29)27-18-7-16-25(21,27)17-15-22(20)26-23(28)14-13-19-9-4-3-5-10-19/h3-5,9-10,20-22H,2,6-8,11-12,15-18H2,1H3,(H,26,28)/t20-,21+,22+,25-/m1/s1. The smallest absolute Gasteiger partial charge is 0.296 e. The van der Waals surface area contributed by atoms with Crippen LogP contribution < -0.4 is 5.32 Å². The first-order valence-corrected chi connectivity index (χ1v) is 11.3. The lowest BCUT2D eigenvalue weighted by molar-refractivity contribution is -0.139. The Morgan fingerprint density at radius 2 is 2.03 bits per heavy atom. The van der Waals surface area contributed by atoms with Crippen LogP contribution in [0.2, 0.25) is 0 Å². The second-order valence-corrected chi connectivity index (χ2v) is 8.94. The van der Waals surface area contributed by atoms with Crippen molar-refractivity contribution >= 4 is 11.8 Å². The van der Waals surface area contributed by atoms with Crippen molar-refractivity contribution in [3.8, 4) is 11.8 Å². The van der Waals surface area contributed by atoms with Gasteiger partial charge in [-0.3, -0.25) is 9.59 Å². The fraction of sp³-hybridized carbons (Fsp3) is 0.600. The molecule has 29 heavy (non-hydrogen) atoms. The normalized spacial score (nSPS) is 31.1. The summed E-state index contributed by atoms with van der Waals surface area (Å²) in [6.45, 7) is 3.15. The molecule has 3 aliphatic rings. The van der Waals surface area contributed by atoms with E-state index in [1.54, 1.807) is 0 Å². The van der Waals surface area contributed by atoms with Crippen LogP contribution in [0.4, 0.5) is 0 Å². The average molecular weight is 393 g/mol. The van der Waals surface area contributed by atoms with Gasteiger partial charge in [-0.25, -0.2) is 0 Å². The van der Waals surface area contributed by atoms with Gasteiger partial charge in [-0.05, 0) is 68.9 Å². The minimum absolute atomic E-state index is 0.0460. The van der Waals surface area contributed by atoms with Gasteiger partial charge in [0.15, 0.2) is 0 Å². The molecule has 1 N–H and O–H groups in total. The van der Waals surface area contributed by atoms with Gasteiger partial charge in [0.2, 0.25) is 5.91 Å². The predicted octanol–water partition coefficient (Wildman–Crippen LogP) is 3.89. The van der Waals surface area contributed by atoms with Crippen LogP contribution in [-0.4, -0.2) is 34.8 Å². The van der Waals surface area contributed by atoms with Crippen LogP contribution in [0, 0.1) is 23.7 Å². The van der Waals surface area contributed by atoms with Crippen molar-refractivity contribution in [2.75, 3.05) is 6.54 Å². The number of rotatable bonds is 3. The van der Waals surface area contributed by atoms with Gasteiger partial charge in [-0.2, -0.15) is 0 Å². The summed E-state index contributed by atoms with van der Waals surface area (Å²) >= 11 is 0. The van der Waals surface area contributed by atoms with Crippen LogP contribution in [0.3, 0.4) is 0 Å². The van der Waals surface area contributed by atoms with Crippen LogP contribution in [0.25, 0.3) is 0 Å². The molecule has 2 heterocycles. The molecule has 1 spiro atoms. The zero-order chi connectivity index (χ0) is 20.3. The summed E-state index contributed by atoms with van der Waals surface area (Å²) in [5, 5.41) is 3.25. The molecule has 1 saturated carbocycles. The Kier molecular flexibility index (Phi) is 5.94. The van der Waals surface area contributed by atoms with Crippen LogP contribution in [0.1, 0.15) is 70.3 Å². The van der Waals surface area contributed by atoms with E-state index in [4.69, 9.17) is 0 Å². The lowest BCUT2D eigenvalue weighted by Crippen LogP contribution is -2.60. The summed E-state index contributed by atoms with van der Waals surface area (Å²) in [6, 6.07) is 9.81. The molecular weight excluding hydrogens is 360 g/mol. The molecule has 2 amide bonds. The number of carbonyl (C=O) groups excluding carboxylic acids is 2. The molecule has 154 valence electrons. The third kappa shape index (κ3) is 3.92. The maximum Gasteiger partial charge on any atom is 0.296 e. The Bertz CT molecular complexity index is 809. The van der Waals surface area contributed by atoms with Gasteiger partial charge in [0.25, 0.3) is 5.91 Å². The van der Waals surface area contributed by atoms with Crippen LogP contribution in [-0.2, 0) is 9.59 Å². The summed E-state index contributed by atoms with van der Waals surface area (Å²) in [4.78, 5) is 27.6. The minimum Gasteiger partial charge on any atom is -0.342 e. The quantitative estimate of drug-likeness (QED) is 0.794. The van der Waals surface area contributed by atoms with E-state index in [-0.39, 0.29) is 17.5 Å². The zero-order valence-corrected chi connectivity index (χ0v) is 17.5. The van der Waals surface area contributed by atoms with Crippen molar-refractivity contribution < 1.29 is 9.59 Å². The first kappa shape index (κ1) is 20.0. The van der Waals surface area contributed by atoms with Gasteiger partial charge in [-0.15, -0.1) is 0 Å². The van der Waals surface area contributed by atoms with Crippen molar-refractivity contribution in [1.29, 1.82) is 0 Å². The number of nitrogens with zero attached hydrogens (tertiary/aromatic N) is 1. The van der Waals surface area contributed by atoms with Crippen LogP contribution >= 0.6 is 0 Å². The number of benzene rings is 1. The molecule has 2 saturated heterocycles. The summed E-state index contributed by atoms with van der Waals surface area (Å²) < 4.78 is 0. The number of nitrogens with one attached hydrogen (secondary N) is 1. The highest BCUT2D eigenvalue weighted by atomic mass is 16.2. The van der Waals surface area contributed by atoms with Crippen molar-refractivity contribution in [3.05, 3.63) is 35.9 Å². The summed E-state index contributed by atoms with van der Waals surface area (Å²) in [6.07, 6.45) is 9.21. The first-order chi connectivity index (χ1) is 14.1. The highest BCUT2D eigenvalue weighted by Gasteiger charge is 2.55. The minimum atomic E-state index is -0.177. The van der Waals surface area contributed by atoms with Gasteiger partial charge in [0.1, 0.15) is 0 Å². The Balaban J connectivity index is 1.52. The summed E-state index contributed by atoms with van der Waals surface area (Å²) in [5.41, 5.74) is 0.906. The molecule has 0 bridgehead atoms. The maximum atomic E-state index is 12.7. The van der Waals surface area contributed by atoms with E-state index in [1.807, 2.05) is 30.3 Å².